The number of aromatic hydroxyl groups is 1. The fraction of sp³-hybridized carbons (Fsp3) is 0.333. The van der Waals surface area contributed by atoms with E-state index in [1.54, 1.807) is 19.1 Å². The summed E-state index contributed by atoms with van der Waals surface area (Å²) in [6, 6.07) is 10.9. The van der Waals surface area contributed by atoms with Crippen LogP contribution in [-0.4, -0.2) is 32.2 Å². The van der Waals surface area contributed by atoms with Crippen molar-refractivity contribution < 1.29 is 9.90 Å². The zero-order valence-electron chi connectivity index (χ0n) is 15.6. The average Bonchev–Trinajstić information content (AvgIpc) is 2.69. The second-order valence-corrected chi connectivity index (χ2v) is 7.33. The predicted molar refractivity (Wildman–Crippen MR) is 105 cm³/mol. The molecule has 7 nitrogen and oxygen atoms in total. The van der Waals surface area contributed by atoms with Crippen LogP contribution in [0.25, 0.3) is 10.8 Å². The molecule has 7 heteroatoms. The molecule has 2 aromatic heterocycles. The van der Waals surface area contributed by atoms with Gasteiger partial charge in [0.05, 0.1) is 11.1 Å². The summed E-state index contributed by atoms with van der Waals surface area (Å²) in [7, 11) is 0. The maximum atomic E-state index is 12.4. The number of aryl methyl sites for hydroxylation is 1. The summed E-state index contributed by atoms with van der Waals surface area (Å²) in [4.78, 5) is 28.4. The second-order valence-electron chi connectivity index (χ2n) is 7.33. The van der Waals surface area contributed by atoms with Crippen LogP contribution in [0.5, 0.6) is 5.88 Å². The van der Waals surface area contributed by atoms with Gasteiger partial charge in [-0.05, 0) is 50.8 Å². The van der Waals surface area contributed by atoms with Gasteiger partial charge in [0.25, 0.3) is 11.5 Å². The molecular formula is C21H22N4O3. The summed E-state index contributed by atoms with van der Waals surface area (Å²) in [5.41, 5.74) is 1.60. The summed E-state index contributed by atoms with van der Waals surface area (Å²) in [5, 5.41) is 21.4. The molecule has 0 aliphatic heterocycles. The molecule has 0 radical (unpaired) electrons. The third kappa shape index (κ3) is 3.47. The topological polar surface area (TPSA) is 108 Å². The fourth-order valence-corrected chi connectivity index (χ4v) is 3.94. The molecule has 0 atom stereocenters. The third-order valence-electron chi connectivity index (χ3n) is 5.43. The molecule has 1 aliphatic rings. The van der Waals surface area contributed by atoms with E-state index in [-0.39, 0.29) is 34.9 Å². The number of nitrogens with one attached hydrogen (secondary N) is 2. The van der Waals surface area contributed by atoms with E-state index >= 15 is 0 Å². The van der Waals surface area contributed by atoms with Crippen LogP contribution >= 0.6 is 0 Å². The fourth-order valence-electron chi connectivity index (χ4n) is 3.94. The number of hydrogen-bond acceptors (Lipinski definition) is 5. The van der Waals surface area contributed by atoms with Gasteiger partial charge in [-0.2, -0.15) is 5.10 Å². The number of pyridine rings is 1. The summed E-state index contributed by atoms with van der Waals surface area (Å²) < 4.78 is 0. The van der Waals surface area contributed by atoms with Crippen molar-refractivity contribution in [2.45, 2.75) is 44.6 Å². The number of nitrogens with zero attached hydrogens (tertiary/aromatic N) is 2. The van der Waals surface area contributed by atoms with E-state index in [4.69, 9.17) is 0 Å². The zero-order valence-corrected chi connectivity index (χ0v) is 15.6. The smallest absolute Gasteiger partial charge is 0.272 e. The third-order valence-corrected chi connectivity index (χ3v) is 5.43. The minimum atomic E-state index is -0.305. The average molecular weight is 378 g/mol. The van der Waals surface area contributed by atoms with Crippen LogP contribution < -0.4 is 10.9 Å². The summed E-state index contributed by atoms with van der Waals surface area (Å²) in [5.74, 6) is -0.305. The second kappa shape index (κ2) is 7.42. The molecule has 0 spiro atoms. The van der Waals surface area contributed by atoms with Gasteiger partial charge in [0.2, 0.25) is 5.88 Å². The largest absolute Gasteiger partial charge is 0.493 e. The van der Waals surface area contributed by atoms with Crippen LogP contribution in [-0.2, 0) is 0 Å². The van der Waals surface area contributed by atoms with Crippen LogP contribution in [0.15, 0.2) is 41.2 Å². The van der Waals surface area contributed by atoms with E-state index in [2.05, 4.69) is 20.5 Å². The molecule has 1 amide bonds. The van der Waals surface area contributed by atoms with Crippen LogP contribution in [0.1, 0.15) is 53.3 Å². The summed E-state index contributed by atoms with van der Waals surface area (Å²) >= 11 is 0. The highest BCUT2D eigenvalue weighted by Crippen LogP contribution is 2.34. The number of H-pyrrole nitrogens is 1. The number of aromatic amines is 1. The van der Waals surface area contributed by atoms with E-state index < -0.39 is 0 Å². The lowest BCUT2D eigenvalue weighted by Crippen LogP contribution is -2.37. The van der Waals surface area contributed by atoms with Crippen molar-refractivity contribution >= 4 is 16.7 Å². The lowest BCUT2D eigenvalue weighted by molar-refractivity contribution is 0.0922. The van der Waals surface area contributed by atoms with Crippen LogP contribution in [0.4, 0.5) is 0 Å². The highest BCUT2D eigenvalue weighted by Gasteiger charge is 2.27. The molecule has 3 aromatic rings. The van der Waals surface area contributed by atoms with Crippen LogP contribution in [0.2, 0.25) is 0 Å². The molecular weight excluding hydrogens is 356 g/mol. The Bertz CT molecular complexity index is 1080. The Kier molecular flexibility index (Phi) is 4.81. The number of carbonyl (C=O) groups excluding carboxylic acids is 1. The van der Waals surface area contributed by atoms with E-state index in [0.717, 1.165) is 36.8 Å². The van der Waals surface area contributed by atoms with Gasteiger partial charge in [-0.15, -0.1) is 0 Å². The van der Waals surface area contributed by atoms with Crippen LogP contribution in [0.3, 0.4) is 0 Å². The van der Waals surface area contributed by atoms with Crippen LogP contribution in [0, 0.1) is 6.92 Å². The molecule has 3 N–H and O–H groups in total. The van der Waals surface area contributed by atoms with E-state index in [9.17, 15) is 14.7 Å². The Morgan fingerprint density at radius 2 is 1.82 bits per heavy atom. The molecule has 1 fully saturated rings. The van der Waals surface area contributed by atoms with Crippen molar-refractivity contribution in [2.24, 2.45) is 0 Å². The molecule has 1 aromatic carbocycles. The highest BCUT2D eigenvalue weighted by molar-refractivity contribution is 5.96. The van der Waals surface area contributed by atoms with Gasteiger partial charge >= 0.3 is 0 Å². The monoisotopic (exact) mass is 378 g/mol. The standard InChI is InChI=1S/C21H22N4O3/c1-12-6-11-17(19(26)22-12)20(27)23-14-9-7-13(8-10-14)18-15-4-2-3-5-16(15)21(28)25-24-18/h2-6,11,13-14H,7-10H2,1H3,(H,22,26)(H,23,27)(H,25,28)/t13-,14-. The SMILES string of the molecule is Cc1ccc(C(=O)N[C@H]2CC[C@H](c3n[nH]c(=O)c4ccccc43)CC2)c(O)n1. The molecule has 0 bridgehead atoms. The molecule has 1 aliphatic carbocycles. The number of benzene rings is 1. The molecule has 2 heterocycles. The molecule has 144 valence electrons. The Balaban J connectivity index is 1.45. The molecule has 0 unspecified atom stereocenters. The van der Waals surface area contributed by atoms with Gasteiger partial charge in [0, 0.05) is 23.0 Å². The number of carbonyl (C=O) groups is 1. The van der Waals surface area contributed by atoms with Gasteiger partial charge in [-0.1, -0.05) is 18.2 Å². The van der Waals surface area contributed by atoms with Crippen molar-refractivity contribution in [3.05, 3.63) is 63.7 Å². The maximum absolute atomic E-state index is 12.4. The predicted octanol–water partition coefficient (Wildman–Crippen LogP) is 2.79. The molecule has 0 saturated heterocycles. The van der Waals surface area contributed by atoms with Crippen molar-refractivity contribution in [3.8, 4) is 5.88 Å². The van der Waals surface area contributed by atoms with Crippen molar-refractivity contribution in [1.29, 1.82) is 0 Å². The van der Waals surface area contributed by atoms with Crippen molar-refractivity contribution in [3.63, 3.8) is 0 Å². The van der Waals surface area contributed by atoms with Gasteiger partial charge < -0.3 is 10.4 Å². The first-order chi connectivity index (χ1) is 13.5. The summed E-state index contributed by atoms with van der Waals surface area (Å²) in [6.45, 7) is 1.76. The zero-order chi connectivity index (χ0) is 19.7. The molecule has 28 heavy (non-hydrogen) atoms. The first kappa shape index (κ1) is 18.2. The van der Waals surface area contributed by atoms with E-state index in [1.165, 1.54) is 0 Å². The van der Waals surface area contributed by atoms with E-state index in [0.29, 0.717) is 11.1 Å². The van der Waals surface area contributed by atoms with Crippen molar-refractivity contribution in [2.75, 3.05) is 0 Å². The first-order valence-electron chi connectivity index (χ1n) is 9.47. The quantitative estimate of drug-likeness (QED) is 0.649. The minimum Gasteiger partial charge on any atom is -0.493 e. The number of aromatic nitrogens is 3. The van der Waals surface area contributed by atoms with Crippen molar-refractivity contribution in [1.82, 2.24) is 20.5 Å². The first-order valence-corrected chi connectivity index (χ1v) is 9.47. The number of rotatable bonds is 3. The molecule has 4 rings (SSSR count). The highest BCUT2D eigenvalue weighted by atomic mass is 16.3. The minimum absolute atomic E-state index is 0.0403. The summed E-state index contributed by atoms with van der Waals surface area (Å²) in [6.07, 6.45) is 3.36. The Morgan fingerprint density at radius 1 is 1.11 bits per heavy atom. The number of amides is 1. The normalized spacial score (nSPS) is 19.5. The Morgan fingerprint density at radius 3 is 2.54 bits per heavy atom. The number of fused-ring (bicyclic) bond motifs is 1. The Labute approximate surface area is 161 Å². The maximum Gasteiger partial charge on any atom is 0.272 e. The van der Waals surface area contributed by atoms with Gasteiger partial charge in [0.15, 0.2) is 0 Å². The molecule has 1 saturated carbocycles. The van der Waals surface area contributed by atoms with Gasteiger partial charge in [-0.3, -0.25) is 9.59 Å². The Hall–Kier alpha value is -3.22. The van der Waals surface area contributed by atoms with E-state index in [1.807, 2.05) is 24.3 Å². The van der Waals surface area contributed by atoms with Gasteiger partial charge in [-0.25, -0.2) is 10.1 Å². The van der Waals surface area contributed by atoms with Gasteiger partial charge in [0.1, 0.15) is 5.56 Å². The lowest BCUT2D eigenvalue weighted by atomic mass is 9.82. The lowest BCUT2D eigenvalue weighted by Gasteiger charge is -2.29. The number of hydrogen-bond donors (Lipinski definition) is 3.